The lowest BCUT2D eigenvalue weighted by molar-refractivity contribution is -0.141. The molecule has 4 heteroatoms. The maximum atomic E-state index is 12.4. The topological polar surface area (TPSA) is 57.6 Å². The summed E-state index contributed by atoms with van der Waals surface area (Å²) in [6.45, 7) is 6.21. The van der Waals surface area contributed by atoms with Gasteiger partial charge >= 0.3 is 5.97 Å². The molecule has 2 rings (SSSR count). The normalized spacial score (nSPS) is 23.2. The summed E-state index contributed by atoms with van der Waals surface area (Å²) in [6, 6.07) is 7.91. The Balaban J connectivity index is 2.08. The summed E-state index contributed by atoms with van der Waals surface area (Å²) in [4.78, 5) is 25.2. The number of benzene rings is 1. The molecule has 0 unspecified atom stereocenters. The van der Waals surface area contributed by atoms with Crippen molar-refractivity contribution in [2.75, 3.05) is 7.05 Å². The number of rotatable bonds is 4. The van der Waals surface area contributed by atoms with Crippen molar-refractivity contribution < 1.29 is 14.7 Å². The standard InChI is InChI=1S/C16H21NO3/c1-10-7-5-6-8-11(10)9-17(4)14(18)12-13(15(19)20)16(12,2)3/h5-8,12-13H,9H2,1-4H3,(H,19,20)/t12-,13+/m1/s1. The van der Waals surface area contributed by atoms with Crippen molar-refractivity contribution in [3.05, 3.63) is 35.4 Å². The molecule has 0 radical (unpaired) electrons. The number of carboxylic acids is 1. The predicted molar refractivity (Wildman–Crippen MR) is 76.0 cm³/mol. The molecule has 0 aromatic heterocycles. The van der Waals surface area contributed by atoms with Gasteiger partial charge < -0.3 is 10.0 Å². The number of aryl methyl sites for hydroxylation is 1. The smallest absolute Gasteiger partial charge is 0.307 e. The highest BCUT2D eigenvalue weighted by molar-refractivity contribution is 5.91. The molecule has 1 fully saturated rings. The number of aliphatic carboxylic acids is 1. The molecular weight excluding hydrogens is 254 g/mol. The lowest BCUT2D eigenvalue weighted by Gasteiger charge is -2.19. The molecule has 1 aliphatic rings. The lowest BCUT2D eigenvalue weighted by atomic mass is 10.1. The Bertz CT molecular complexity index is 550. The van der Waals surface area contributed by atoms with Crippen LogP contribution in [0.3, 0.4) is 0 Å². The number of hydrogen-bond donors (Lipinski definition) is 1. The Morgan fingerprint density at radius 2 is 1.85 bits per heavy atom. The van der Waals surface area contributed by atoms with E-state index in [0.29, 0.717) is 6.54 Å². The van der Waals surface area contributed by atoms with Gasteiger partial charge in [0.15, 0.2) is 0 Å². The largest absolute Gasteiger partial charge is 0.481 e. The second-order valence-electron chi connectivity index (χ2n) is 6.24. The summed E-state index contributed by atoms with van der Waals surface area (Å²) in [6.07, 6.45) is 0. The van der Waals surface area contributed by atoms with Gasteiger partial charge in [-0.3, -0.25) is 9.59 Å². The minimum absolute atomic E-state index is 0.0781. The van der Waals surface area contributed by atoms with E-state index in [1.54, 1.807) is 11.9 Å². The van der Waals surface area contributed by atoms with Gasteiger partial charge in [-0.2, -0.15) is 0 Å². The number of carbonyl (C=O) groups excluding carboxylic acids is 1. The molecule has 1 amide bonds. The van der Waals surface area contributed by atoms with E-state index in [9.17, 15) is 9.59 Å². The van der Waals surface area contributed by atoms with Gasteiger partial charge in [0.05, 0.1) is 11.8 Å². The Labute approximate surface area is 119 Å². The molecule has 1 aliphatic carbocycles. The number of nitrogens with zero attached hydrogens (tertiary/aromatic N) is 1. The van der Waals surface area contributed by atoms with Gasteiger partial charge in [-0.1, -0.05) is 38.1 Å². The van der Waals surface area contributed by atoms with E-state index in [1.165, 1.54) is 0 Å². The average Bonchev–Trinajstić information content (AvgIpc) is 2.94. The quantitative estimate of drug-likeness (QED) is 0.917. The molecule has 1 saturated carbocycles. The third-order valence-corrected chi connectivity index (χ3v) is 4.40. The summed E-state index contributed by atoms with van der Waals surface area (Å²) >= 11 is 0. The van der Waals surface area contributed by atoms with Gasteiger partial charge in [-0.05, 0) is 23.5 Å². The first-order valence-corrected chi connectivity index (χ1v) is 6.79. The first kappa shape index (κ1) is 14.6. The molecule has 0 saturated heterocycles. The minimum Gasteiger partial charge on any atom is -0.481 e. The Kier molecular flexibility index (Phi) is 3.59. The van der Waals surface area contributed by atoms with Crippen LogP contribution in [0.15, 0.2) is 24.3 Å². The van der Waals surface area contributed by atoms with E-state index in [1.807, 2.05) is 45.0 Å². The van der Waals surface area contributed by atoms with Gasteiger partial charge in [-0.15, -0.1) is 0 Å². The SMILES string of the molecule is Cc1ccccc1CN(C)C(=O)[C@H]1[C@@H](C(=O)O)C1(C)C. The highest BCUT2D eigenvalue weighted by Crippen LogP contribution is 2.58. The summed E-state index contributed by atoms with van der Waals surface area (Å²) in [5.74, 6) is -1.92. The van der Waals surface area contributed by atoms with E-state index in [4.69, 9.17) is 5.11 Å². The number of hydrogen-bond acceptors (Lipinski definition) is 2. The third kappa shape index (κ3) is 2.42. The van der Waals surface area contributed by atoms with Crippen molar-refractivity contribution in [1.29, 1.82) is 0 Å². The summed E-state index contributed by atoms with van der Waals surface area (Å²) in [7, 11) is 1.74. The fraction of sp³-hybridized carbons (Fsp3) is 0.500. The molecular formula is C16H21NO3. The zero-order valence-electron chi connectivity index (χ0n) is 12.4. The van der Waals surface area contributed by atoms with Crippen LogP contribution < -0.4 is 0 Å². The monoisotopic (exact) mass is 275 g/mol. The van der Waals surface area contributed by atoms with Crippen LogP contribution in [0.25, 0.3) is 0 Å². The number of carbonyl (C=O) groups is 2. The molecule has 20 heavy (non-hydrogen) atoms. The van der Waals surface area contributed by atoms with Gasteiger partial charge in [-0.25, -0.2) is 0 Å². The van der Waals surface area contributed by atoms with Crippen LogP contribution in [0.4, 0.5) is 0 Å². The van der Waals surface area contributed by atoms with Crippen molar-refractivity contribution in [1.82, 2.24) is 4.90 Å². The van der Waals surface area contributed by atoms with Crippen LogP contribution in [-0.4, -0.2) is 28.9 Å². The van der Waals surface area contributed by atoms with Crippen LogP contribution in [-0.2, 0) is 16.1 Å². The van der Waals surface area contributed by atoms with Gasteiger partial charge in [0, 0.05) is 13.6 Å². The lowest BCUT2D eigenvalue weighted by Crippen LogP contribution is -2.29. The Morgan fingerprint density at radius 1 is 1.25 bits per heavy atom. The molecule has 0 spiro atoms. The highest BCUT2D eigenvalue weighted by Gasteiger charge is 2.66. The van der Waals surface area contributed by atoms with Crippen LogP contribution in [0.5, 0.6) is 0 Å². The van der Waals surface area contributed by atoms with E-state index in [-0.39, 0.29) is 5.91 Å². The molecule has 0 bridgehead atoms. The van der Waals surface area contributed by atoms with E-state index in [0.717, 1.165) is 11.1 Å². The summed E-state index contributed by atoms with van der Waals surface area (Å²) < 4.78 is 0. The summed E-state index contributed by atoms with van der Waals surface area (Å²) in [5.41, 5.74) is 1.79. The first-order valence-electron chi connectivity index (χ1n) is 6.79. The number of carboxylic acid groups (broad SMARTS) is 1. The fourth-order valence-corrected chi connectivity index (χ4v) is 2.92. The van der Waals surface area contributed by atoms with Gasteiger partial charge in [0.2, 0.25) is 5.91 Å². The van der Waals surface area contributed by atoms with Crippen molar-refractivity contribution in [3.63, 3.8) is 0 Å². The van der Waals surface area contributed by atoms with Crippen molar-refractivity contribution in [3.8, 4) is 0 Å². The minimum atomic E-state index is -0.877. The molecule has 2 atom stereocenters. The van der Waals surface area contributed by atoms with E-state index < -0.39 is 23.2 Å². The predicted octanol–water partition coefficient (Wildman–Crippen LogP) is 2.31. The summed E-state index contributed by atoms with van der Waals surface area (Å²) in [5, 5.41) is 9.15. The maximum absolute atomic E-state index is 12.4. The van der Waals surface area contributed by atoms with Crippen LogP contribution >= 0.6 is 0 Å². The van der Waals surface area contributed by atoms with Crippen LogP contribution in [0.1, 0.15) is 25.0 Å². The van der Waals surface area contributed by atoms with E-state index >= 15 is 0 Å². The molecule has 0 heterocycles. The Morgan fingerprint density at radius 3 is 2.35 bits per heavy atom. The number of amides is 1. The average molecular weight is 275 g/mol. The second kappa shape index (κ2) is 4.93. The molecule has 4 nitrogen and oxygen atoms in total. The maximum Gasteiger partial charge on any atom is 0.307 e. The van der Waals surface area contributed by atoms with Crippen molar-refractivity contribution in [2.24, 2.45) is 17.3 Å². The highest BCUT2D eigenvalue weighted by atomic mass is 16.4. The molecule has 1 aromatic rings. The van der Waals surface area contributed by atoms with Crippen molar-refractivity contribution in [2.45, 2.75) is 27.3 Å². The first-order chi connectivity index (χ1) is 9.26. The zero-order valence-corrected chi connectivity index (χ0v) is 12.4. The molecule has 1 N–H and O–H groups in total. The second-order valence-corrected chi connectivity index (χ2v) is 6.24. The third-order valence-electron chi connectivity index (χ3n) is 4.40. The van der Waals surface area contributed by atoms with Crippen molar-refractivity contribution >= 4 is 11.9 Å². The van der Waals surface area contributed by atoms with E-state index in [2.05, 4.69) is 0 Å². The molecule has 1 aromatic carbocycles. The molecule has 0 aliphatic heterocycles. The van der Waals surface area contributed by atoms with Crippen LogP contribution in [0.2, 0.25) is 0 Å². The zero-order chi connectivity index (χ0) is 15.1. The van der Waals surface area contributed by atoms with Crippen LogP contribution in [0, 0.1) is 24.2 Å². The van der Waals surface area contributed by atoms with Gasteiger partial charge in [0.25, 0.3) is 0 Å². The fourth-order valence-electron chi connectivity index (χ4n) is 2.92. The van der Waals surface area contributed by atoms with Gasteiger partial charge in [0.1, 0.15) is 0 Å². The molecule has 108 valence electrons. The Hall–Kier alpha value is -1.84.